The second-order valence-electron chi connectivity index (χ2n) is 4.59. The van der Waals surface area contributed by atoms with Crippen molar-refractivity contribution in [3.05, 3.63) is 35.1 Å². The second kappa shape index (κ2) is 5.97. The van der Waals surface area contributed by atoms with Crippen LogP contribution in [0.2, 0.25) is 0 Å². The first-order chi connectivity index (χ1) is 7.50. The minimum Gasteiger partial charge on any atom is -0.309 e. The molecule has 1 unspecified atom stereocenters. The first-order valence-electron chi connectivity index (χ1n) is 5.63. The van der Waals surface area contributed by atoms with Crippen molar-refractivity contribution < 1.29 is 4.39 Å². The summed E-state index contributed by atoms with van der Waals surface area (Å²) in [6.45, 7) is 5.44. The summed E-state index contributed by atoms with van der Waals surface area (Å²) in [7, 11) is 4.07. The molecule has 0 bridgehead atoms. The molecule has 0 radical (unpaired) electrons. The third-order valence-electron chi connectivity index (χ3n) is 2.55. The fourth-order valence-corrected chi connectivity index (χ4v) is 1.74. The number of halogens is 1. The van der Waals surface area contributed by atoms with Gasteiger partial charge in [0.15, 0.2) is 0 Å². The molecule has 0 saturated carbocycles. The predicted molar refractivity (Wildman–Crippen MR) is 66.0 cm³/mol. The van der Waals surface area contributed by atoms with Crippen LogP contribution in [0.5, 0.6) is 0 Å². The molecule has 0 amide bonds. The Balaban J connectivity index is 2.51. The first-order valence-corrected chi connectivity index (χ1v) is 5.63. The molecule has 1 N–H and O–H groups in total. The number of aryl methyl sites for hydroxylation is 1. The zero-order valence-corrected chi connectivity index (χ0v) is 10.5. The van der Waals surface area contributed by atoms with Gasteiger partial charge >= 0.3 is 0 Å². The third-order valence-corrected chi connectivity index (χ3v) is 2.55. The maximum atomic E-state index is 13.7. The molecule has 0 fully saturated rings. The Morgan fingerprint density at radius 3 is 2.69 bits per heavy atom. The number of nitrogens with zero attached hydrogens (tertiary/aromatic N) is 1. The molecule has 0 spiro atoms. The van der Waals surface area contributed by atoms with Crippen LogP contribution in [0.15, 0.2) is 18.2 Å². The maximum absolute atomic E-state index is 13.7. The van der Waals surface area contributed by atoms with Crippen LogP contribution in [0, 0.1) is 12.7 Å². The van der Waals surface area contributed by atoms with Gasteiger partial charge in [0, 0.05) is 24.7 Å². The molecule has 3 heteroatoms. The molecule has 1 atom stereocenters. The second-order valence-corrected chi connectivity index (χ2v) is 4.59. The van der Waals surface area contributed by atoms with Gasteiger partial charge in [0.1, 0.15) is 5.82 Å². The summed E-state index contributed by atoms with van der Waals surface area (Å²) in [5, 5.41) is 3.32. The zero-order chi connectivity index (χ0) is 12.1. The van der Waals surface area contributed by atoms with E-state index < -0.39 is 0 Å². The van der Waals surface area contributed by atoms with Crippen molar-refractivity contribution in [2.75, 3.05) is 20.6 Å². The summed E-state index contributed by atoms with van der Waals surface area (Å²) in [4.78, 5) is 2.12. The molecule has 1 aromatic carbocycles. The molecule has 2 nitrogen and oxygen atoms in total. The van der Waals surface area contributed by atoms with Gasteiger partial charge in [0.25, 0.3) is 0 Å². The number of likely N-dealkylation sites (N-methyl/N-ethyl adjacent to an activating group) is 1. The zero-order valence-electron chi connectivity index (χ0n) is 10.5. The van der Waals surface area contributed by atoms with E-state index in [2.05, 4.69) is 17.1 Å². The molecule has 0 aliphatic carbocycles. The highest BCUT2D eigenvalue weighted by molar-refractivity contribution is 5.24. The van der Waals surface area contributed by atoms with E-state index in [0.29, 0.717) is 18.2 Å². The summed E-state index contributed by atoms with van der Waals surface area (Å²) in [5.41, 5.74) is 1.45. The van der Waals surface area contributed by atoms with Crippen LogP contribution in [0.25, 0.3) is 0 Å². The minimum absolute atomic E-state index is 0.0907. The molecule has 0 aliphatic heterocycles. The average molecular weight is 224 g/mol. The van der Waals surface area contributed by atoms with Gasteiger partial charge in [-0.1, -0.05) is 18.2 Å². The Labute approximate surface area is 97.5 Å². The molecular formula is C13H21FN2. The molecular weight excluding hydrogens is 203 g/mol. The monoisotopic (exact) mass is 224 g/mol. The highest BCUT2D eigenvalue weighted by atomic mass is 19.1. The summed E-state index contributed by atoms with van der Waals surface area (Å²) in [6, 6.07) is 5.88. The lowest BCUT2D eigenvalue weighted by molar-refractivity contribution is 0.348. The van der Waals surface area contributed by atoms with Crippen molar-refractivity contribution in [2.45, 2.75) is 26.4 Å². The lowest BCUT2D eigenvalue weighted by Crippen LogP contribution is -2.35. The third kappa shape index (κ3) is 3.91. The molecule has 0 aromatic heterocycles. The van der Waals surface area contributed by atoms with Crippen LogP contribution in [0.4, 0.5) is 4.39 Å². The fraction of sp³-hybridized carbons (Fsp3) is 0.538. The smallest absolute Gasteiger partial charge is 0.130 e. The van der Waals surface area contributed by atoms with E-state index in [1.807, 2.05) is 26.2 Å². The van der Waals surface area contributed by atoms with E-state index in [1.165, 1.54) is 0 Å². The van der Waals surface area contributed by atoms with Gasteiger partial charge in [0.05, 0.1) is 0 Å². The Kier molecular flexibility index (Phi) is 4.90. The van der Waals surface area contributed by atoms with Gasteiger partial charge in [-0.3, -0.25) is 0 Å². The topological polar surface area (TPSA) is 15.3 Å². The standard InChI is InChI=1S/C13H21FN2/c1-10-6-5-7-12(13(10)14)8-15-11(2)9-16(3)4/h5-7,11,15H,8-9H2,1-4H3. The highest BCUT2D eigenvalue weighted by Gasteiger charge is 2.07. The van der Waals surface area contributed by atoms with E-state index in [9.17, 15) is 4.39 Å². The van der Waals surface area contributed by atoms with Crippen molar-refractivity contribution in [3.8, 4) is 0 Å². The lowest BCUT2D eigenvalue weighted by atomic mass is 10.1. The van der Waals surface area contributed by atoms with Crippen molar-refractivity contribution in [3.63, 3.8) is 0 Å². The summed E-state index contributed by atoms with van der Waals surface area (Å²) in [5.74, 6) is -0.0907. The molecule has 1 aromatic rings. The van der Waals surface area contributed by atoms with Crippen LogP contribution < -0.4 is 5.32 Å². The number of rotatable bonds is 5. The van der Waals surface area contributed by atoms with Gasteiger partial charge in [-0.05, 0) is 33.5 Å². The van der Waals surface area contributed by atoms with E-state index >= 15 is 0 Å². The van der Waals surface area contributed by atoms with Crippen molar-refractivity contribution in [1.82, 2.24) is 10.2 Å². The van der Waals surface area contributed by atoms with Crippen LogP contribution in [0.1, 0.15) is 18.1 Å². The van der Waals surface area contributed by atoms with E-state index in [-0.39, 0.29) is 5.82 Å². The average Bonchev–Trinajstić information content (AvgIpc) is 2.19. The predicted octanol–water partition coefficient (Wildman–Crippen LogP) is 2.17. The maximum Gasteiger partial charge on any atom is 0.130 e. The normalized spacial score (nSPS) is 13.1. The van der Waals surface area contributed by atoms with Gasteiger partial charge < -0.3 is 10.2 Å². The van der Waals surface area contributed by atoms with E-state index in [4.69, 9.17) is 0 Å². The Morgan fingerprint density at radius 2 is 2.06 bits per heavy atom. The highest BCUT2D eigenvalue weighted by Crippen LogP contribution is 2.11. The molecule has 90 valence electrons. The fourth-order valence-electron chi connectivity index (χ4n) is 1.74. The van der Waals surface area contributed by atoms with Gasteiger partial charge in [-0.15, -0.1) is 0 Å². The van der Waals surface area contributed by atoms with E-state index in [1.54, 1.807) is 13.0 Å². The summed E-state index contributed by atoms with van der Waals surface area (Å²) >= 11 is 0. The van der Waals surface area contributed by atoms with Crippen LogP contribution >= 0.6 is 0 Å². The molecule has 1 rings (SSSR count). The van der Waals surface area contributed by atoms with Gasteiger partial charge in [-0.25, -0.2) is 4.39 Å². The summed E-state index contributed by atoms with van der Waals surface area (Å²) < 4.78 is 13.7. The first kappa shape index (κ1) is 13.1. The molecule has 16 heavy (non-hydrogen) atoms. The van der Waals surface area contributed by atoms with Gasteiger partial charge in [-0.2, -0.15) is 0 Å². The molecule has 0 heterocycles. The molecule has 0 saturated heterocycles. The quantitative estimate of drug-likeness (QED) is 0.824. The van der Waals surface area contributed by atoms with Crippen LogP contribution in [-0.2, 0) is 6.54 Å². The van der Waals surface area contributed by atoms with Crippen molar-refractivity contribution in [1.29, 1.82) is 0 Å². The lowest BCUT2D eigenvalue weighted by Gasteiger charge is -2.18. The summed E-state index contributed by atoms with van der Waals surface area (Å²) in [6.07, 6.45) is 0. The Hall–Kier alpha value is -0.930. The number of benzene rings is 1. The van der Waals surface area contributed by atoms with Crippen LogP contribution in [0.3, 0.4) is 0 Å². The largest absolute Gasteiger partial charge is 0.309 e. The minimum atomic E-state index is -0.0907. The van der Waals surface area contributed by atoms with Crippen molar-refractivity contribution >= 4 is 0 Å². The Morgan fingerprint density at radius 1 is 1.38 bits per heavy atom. The van der Waals surface area contributed by atoms with Crippen molar-refractivity contribution in [2.24, 2.45) is 0 Å². The molecule has 0 aliphatic rings. The Bertz CT molecular complexity index is 337. The SMILES string of the molecule is Cc1cccc(CNC(C)CN(C)C)c1F. The van der Waals surface area contributed by atoms with Gasteiger partial charge in [0.2, 0.25) is 0 Å². The number of nitrogens with one attached hydrogen (secondary N) is 1. The van der Waals surface area contributed by atoms with E-state index in [0.717, 1.165) is 12.1 Å². The van der Waals surface area contributed by atoms with Crippen LogP contribution in [-0.4, -0.2) is 31.6 Å². The number of hydrogen-bond acceptors (Lipinski definition) is 2. The number of hydrogen-bond donors (Lipinski definition) is 1.